The molecule has 1 aliphatic heterocycles. The van der Waals surface area contributed by atoms with Crippen LogP contribution in [0.15, 0.2) is 24.4 Å². The topological polar surface area (TPSA) is 54.3 Å². The molecule has 24 heavy (non-hydrogen) atoms. The van der Waals surface area contributed by atoms with Crippen molar-refractivity contribution in [1.29, 1.82) is 0 Å². The van der Waals surface area contributed by atoms with Crippen molar-refractivity contribution in [2.45, 2.75) is 26.8 Å². The molecule has 0 spiro atoms. The normalized spacial score (nSPS) is 15.5. The first-order valence-corrected chi connectivity index (χ1v) is 8.56. The van der Waals surface area contributed by atoms with Gasteiger partial charge in [0.1, 0.15) is 12.4 Å². The van der Waals surface area contributed by atoms with Crippen LogP contribution in [0.25, 0.3) is 0 Å². The largest absolute Gasteiger partial charge is 0.355 e. The van der Waals surface area contributed by atoms with Crippen LogP contribution in [0.5, 0.6) is 0 Å². The van der Waals surface area contributed by atoms with Gasteiger partial charge in [-0.1, -0.05) is 11.6 Å². The van der Waals surface area contributed by atoms with Crippen molar-refractivity contribution in [3.05, 3.63) is 40.8 Å². The Hall–Kier alpha value is -2.08. The maximum absolute atomic E-state index is 12.6. The molecule has 6 nitrogen and oxygen atoms in total. The first kappa shape index (κ1) is 16.8. The molecule has 0 bridgehead atoms. The number of amides is 1. The average Bonchev–Trinajstić information content (AvgIpc) is 2.76. The molecule has 128 valence electrons. The quantitative estimate of drug-likeness (QED) is 0.854. The van der Waals surface area contributed by atoms with E-state index in [1.807, 2.05) is 36.9 Å². The van der Waals surface area contributed by atoms with E-state index in [1.54, 1.807) is 10.9 Å². The number of rotatable bonds is 3. The van der Waals surface area contributed by atoms with E-state index < -0.39 is 0 Å². The fourth-order valence-electron chi connectivity index (χ4n) is 3.01. The molecule has 3 heterocycles. The number of anilines is 1. The van der Waals surface area contributed by atoms with Crippen LogP contribution in [0.4, 0.5) is 5.82 Å². The molecule has 0 saturated carbocycles. The first-order valence-electron chi connectivity index (χ1n) is 8.18. The van der Waals surface area contributed by atoms with Gasteiger partial charge in [-0.2, -0.15) is 5.10 Å². The highest BCUT2D eigenvalue weighted by Gasteiger charge is 2.20. The lowest BCUT2D eigenvalue weighted by molar-refractivity contribution is -0.131. The summed E-state index contributed by atoms with van der Waals surface area (Å²) in [5.74, 6) is 1.03. The summed E-state index contributed by atoms with van der Waals surface area (Å²) in [6.45, 7) is 7.35. The molecule has 1 fully saturated rings. The number of hydrogen-bond donors (Lipinski definition) is 0. The van der Waals surface area contributed by atoms with E-state index in [1.165, 1.54) is 0 Å². The minimum atomic E-state index is 0.118. The SMILES string of the molecule is Cc1cc(C)n(CC(=O)N2CCCN(c3ccc(Cl)cn3)CC2)n1. The summed E-state index contributed by atoms with van der Waals surface area (Å²) in [6.07, 6.45) is 2.58. The van der Waals surface area contributed by atoms with Crippen molar-refractivity contribution in [2.75, 3.05) is 31.1 Å². The first-order chi connectivity index (χ1) is 11.5. The Labute approximate surface area is 147 Å². The van der Waals surface area contributed by atoms with E-state index >= 15 is 0 Å². The van der Waals surface area contributed by atoms with Crippen LogP contribution in [-0.2, 0) is 11.3 Å². The molecule has 1 amide bonds. The van der Waals surface area contributed by atoms with Crippen molar-refractivity contribution in [3.63, 3.8) is 0 Å². The highest BCUT2D eigenvalue weighted by Crippen LogP contribution is 2.16. The standard InChI is InChI=1S/C17H22ClN5O/c1-13-10-14(2)23(20-13)12-17(24)22-7-3-6-21(8-9-22)16-5-4-15(18)11-19-16/h4-5,10-11H,3,6-9,12H2,1-2H3. The minimum Gasteiger partial charge on any atom is -0.355 e. The van der Waals surface area contributed by atoms with Crippen LogP contribution in [-0.4, -0.2) is 51.8 Å². The summed E-state index contributed by atoms with van der Waals surface area (Å²) in [6, 6.07) is 5.76. The van der Waals surface area contributed by atoms with Crippen molar-refractivity contribution in [1.82, 2.24) is 19.7 Å². The summed E-state index contributed by atoms with van der Waals surface area (Å²) in [7, 11) is 0. The van der Waals surface area contributed by atoms with E-state index in [9.17, 15) is 4.79 Å². The van der Waals surface area contributed by atoms with Gasteiger partial charge in [0.25, 0.3) is 0 Å². The van der Waals surface area contributed by atoms with Gasteiger partial charge in [0, 0.05) is 38.1 Å². The Morgan fingerprint density at radius 3 is 2.71 bits per heavy atom. The van der Waals surface area contributed by atoms with Crippen LogP contribution in [0.1, 0.15) is 17.8 Å². The van der Waals surface area contributed by atoms with Crippen molar-refractivity contribution in [2.24, 2.45) is 0 Å². The van der Waals surface area contributed by atoms with E-state index in [2.05, 4.69) is 15.0 Å². The molecular formula is C17H22ClN5O. The Kier molecular flexibility index (Phi) is 5.04. The summed E-state index contributed by atoms with van der Waals surface area (Å²) < 4.78 is 1.78. The van der Waals surface area contributed by atoms with Gasteiger partial charge in [-0.05, 0) is 38.5 Å². The van der Waals surface area contributed by atoms with E-state index in [4.69, 9.17) is 11.6 Å². The third kappa shape index (κ3) is 3.87. The zero-order valence-electron chi connectivity index (χ0n) is 14.1. The number of aryl methyl sites for hydroxylation is 2. The number of halogens is 1. The summed E-state index contributed by atoms with van der Waals surface area (Å²) in [5.41, 5.74) is 1.96. The predicted molar refractivity (Wildman–Crippen MR) is 94.4 cm³/mol. The van der Waals surface area contributed by atoms with Gasteiger partial charge in [-0.3, -0.25) is 9.48 Å². The highest BCUT2D eigenvalue weighted by molar-refractivity contribution is 6.30. The summed E-state index contributed by atoms with van der Waals surface area (Å²) >= 11 is 5.90. The third-order valence-corrected chi connectivity index (χ3v) is 4.50. The number of carbonyl (C=O) groups excluding carboxylic acids is 1. The average molecular weight is 348 g/mol. The number of aromatic nitrogens is 3. The zero-order valence-corrected chi connectivity index (χ0v) is 14.8. The van der Waals surface area contributed by atoms with Gasteiger partial charge >= 0.3 is 0 Å². The number of nitrogens with zero attached hydrogens (tertiary/aromatic N) is 5. The molecular weight excluding hydrogens is 326 g/mol. The van der Waals surface area contributed by atoms with Gasteiger partial charge in [0.05, 0.1) is 10.7 Å². The zero-order chi connectivity index (χ0) is 17.1. The van der Waals surface area contributed by atoms with Crippen molar-refractivity contribution >= 4 is 23.3 Å². The number of pyridine rings is 1. The third-order valence-electron chi connectivity index (χ3n) is 4.27. The fourth-order valence-corrected chi connectivity index (χ4v) is 3.13. The molecule has 3 rings (SSSR count). The second-order valence-corrected chi connectivity index (χ2v) is 6.58. The lowest BCUT2D eigenvalue weighted by Gasteiger charge is -2.23. The predicted octanol–water partition coefficient (Wildman–Crippen LogP) is 2.29. The molecule has 2 aromatic heterocycles. The lowest BCUT2D eigenvalue weighted by atomic mass is 10.3. The van der Waals surface area contributed by atoms with E-state index in [-0.39, 0.29) is 5.91 Å². The van der Waals surface area contributed by atoms with Crippen LogP contribution >= 0.6 is 11.6 Å². The van der Waals surface area contributed by atoms with Crippen LogP contribution < -0.4 is 4.90 Å². The van der Waals surface area contributed by atoms with Gasteiger partial charge in [0.2, 0.25) is 5.91 Å². The minimum absolute atomic E-state index is 0.118. The van der Waals surface area contributed by atoms with Crippen LogP contribution in [0, 0.1) is 13.8 Å². The molecule has 0 radical (unpaired) electrons. The summed E-state index contributed by atoms with van der Waals surface area (Å²) in [5, 5.41) is 5.01. The molecule has 1 saturated heterocycles. The summed E-state index contributed by atoms with van der Waals surface area (Å²) in [4.78, 5) is 21.1. The maximum Gasteiger partial charge on any atom is 0.244 e. The number of hydrogen-bond acceptors (Lipinski definition) is 4. The van der Waals surface area contributed by atoms with Crippen LogP contribution in [0.2, 0.25) is 5.02 Å². The second kappa shape index (κ2) is 7.21. The van der Waals surface area contributed by atoms with Crippen molar-refractivity contribution in [3.8, 4) is 0 Å². The monoisotopic (exact) mass is 347 g/mol. The van der Waals surface area contributed by atoms with Gasteiger partial charge in [-0.15, -0.1) is 0 Å². The lowest BCUT2D eigenvalue weighted by Crippen LogP contribution is -2.37. The smallest absolute Gasteiger partial charge is 0.244 e. The molecule has 0 unspecified atom stereocenters. The Morgan fingerprint density at radius 1 is 1.21 bits per heavy atom. The van der Waals surface area contributed by atoms with Gasteiger partial charge in [0.15, 0.2) is 0 Å². The molecule has 1 aliphatic rings. The molecule has 0 aromatic carbocycles. The van der Waals surface area contributed by atoms with Crippen molar-refractivity contribution < 1.29 is 4.79 Å². The molecule has 7 heteroatoms. The Morgan fingerprint density at radius 2 is 2.04 bits per heavy atom. The van der Waals surface area contributed by atoms with E-state index in [0.717, 1.165) is 43.3 Å². The molecule has 2 aromatic rings. The van der Waals surface area contributed by atoms with Gasteiger partial charge in [-0.25, -0.2) is 4.98 Å². The van der Waals surface area contributed by atoms with Crippen LogP contribution in [0.3, 0.4) is 0 Å². The number of carbonyl (C=O) groups is 1. The maximum atomic E-state index is 12.6. The molecule has 0 atom stereocenters. The Bertz CT molecular complexity index is 712. The molecule has 0 N–H and O–H groups in total. The molecule has 0 aliphatic carbocycles. The highest BCUT2D eigenvalue weighted by atomic mass is 35.5. The van der Waals surface area contributed by atoms with E-state index in [0.29, 0.717) is 18.1 Å². The fraction of sp³-hybridized carbons (Fsp3) is 0.471. The second-order valence-electron chi connectivity index (χ2n) is 6.14. The van der Waals surface area contributed by atoms with Gasteiger partial charge < -0.3 is 9.80 Å². The Balaban J connectivity index is 1.61.